The first-order valence-corrected chi connectivity index (χ1v) is 9.89. The van der Waals surface area contributed by atoms with E-state index >= 15 is 0 Å². The van der Waals surface area contributed by atoms with E-state index in [-0.39, 0.29) is 17.5 Å². The van der Waals surface area contributed by atoms with Gasteiger partial charge in [0, 0.05) is 31.0 Å². The number of nitrogens with one attached hydrogen (secondary N) is 1. The predicted octanol–water partition coefficient (Wildman–Crippen LogP) is 1.70. The number of piperidine rings is 1. The zero-order valence-electron chi connectivity index (χ0n) is 14.6. The summed E-state index contributed by atoms with van der Waals surface area (Å²) in [7, 11) is -2.04. The van der Waals surface area contributed by atoms with Crippen molar-refractivity contribution in [3.8, 4) is 5.75 Å². The maximum absolute atomic E-state index is 12.6. The van der Waals surface area contributed by atoms with Gasteiger partial charge in [-0.25, -0.2) is 13.4 Å². The number of methoxy groups -OCH3 is 1. The third-order valence-corrected chi connectivity index (χ3v) is 5.99. The van der Waals surface area contributed by atoms with Crippen LogP contribution in [0.25, 0.3) is 0 Å². The van der Waals surface area contributed by atoms with Gasteiger partial charge in [0.05, 0.1) is 13.4 Å². The highest BCUT2D eigenvalue weighted by molar-refractivity contribution is 7.89. The average Bonchev–Trinajstić information content (AvgIpc) is 3.11. The normalized spacial score (nSPS) is 15.6. The zero-order valence-corrected chi connectivity index (χ0v) is 15.4. The minimum absolute atomic E-state index is 0.0198. The van der Waals surface area contributed by atoms with Gasteiger partial charge in [-0.3, -0.25) is 4.79 Å². The van der Waals surface area contributed by atoms with Crippen molar-refractivity contribution in [3.05, 3.63) is 36.8 Å². The maximum atomic E-state index is 12.6. The second kappa shape index (κ2) is 7.88. The molecule has 1 aliphatic heterocycles. The van der Waals surface area contributed by atoms with Crippen LogP contribution in [0.1, 0.15) is 19.3 Å². The number of nitrogens with zero attached hydrogens (tertiary/aromatic N) is 3. The Labute approximate surface area is 152 Å². The summed E-state index contributed by atoms with van der Waals surface area (Å²) in [6.07, 6.45) is 5.54. The second-order valence-corrected chi connectivity index (χ2v) is 8.01. The molecule has 140 valence electrons. The molecule has 0 spiro atoms. The van der Waals surface area contributed by atoms with Crippen molar-refractivity contribution in [1.82, 2.24) is 13.9 Å². The number of benzene rings is 1. The summed E-state index contributed by atoms with van der Waals surface area (Å²) >= 11 is 0. The highest BCUT2D eigenvalue weighted by Crippen LogP contribution is 2.19. The number of hydrogen-bond donors (Lipinski definition) is 1. The first-order chi connectivity index (χ1) is 12.5. The van der Waals surface area contributed by atoms with Crippen LogP contribution >= 0.6 is 0 Å². The fraction of sp³-hybridized carbons (Fsp3) is 0.412. The largest absolute Gasteiger partial charge is 0.497 e. The summed E-state index contributed by atoms with van der Waals surface area (Å²) in [4.78, 5) is 16.2. The van der Waals surface area contributed by atoms with Crippen LogP contribution < -0.4 is 10.1 Å². The van der Waals surface area contributed by atoms with Crippen LogP contribution in [0.2, 0.25) is 0 Å². The third kappa shape index (κ3) is 4.23. The number of ether oxygens (including phenoxy) is 1. The van der Waals surface area contributed by atoms with Crippen LogP contribution in [0.4, 0.5) is 5.69 Å². The van der Waals surface area contributed by atoms with Gasteiger partial charge in [-0.2, -0.15) is 4.31 Å². The molecular weight excluding hydrogens is 356 g/mol. The van der Waals surface area contributed by atoms with Crippen LogP contribution in [-0.2, 0) is 21.4 Å². The average molecular weight is 378 g/mol. The first kappa shape index (κ1) is 18.4. The number of hydrogen-bond acceptors (Lipinski definition) is 5. The van der Waals surface area contributed by atoms with Gasteiger partial charge in [0.15, 0.2) is 5.03 Å². The molecule has 0 unspecified atom stereocenters. The molecule has 0 bridgehead atoms. The molecule has 0 atom stereocenters. The summed E-state index contributed by atoms with van der Waals surface area (Å²) in [6, 6.07) is 7.01. The molecule has 1 aliphatic rings. The van der Waals surface area contributed by atoms with Crippen molar-refractivity contribution in [1.29, 1.82) is 0 Å². The standard InChI is InChI=1S/C17H22N4O4S/c1-25-15-7-5-6-14(10-15)19-16(22)11-20-12-17(18-13-20)26(23,24)21-8-3-2-4-9-21/h5-7,10,12-13H,2-4,8-9,11H2,1H3,(H,19,22). The smallest absolute Gasteiger partial charge is 0.262 e. The number of aromatic nitrogens is 2. The highest BCUT2D eigenvalue weighted by Gasteiger charge is 2.28. The Morgan fingerprint density at radius 2 is 2.04 bits per heavy atom. The highest BCUT2D eigenvalue weighted by atomic mass is 32.2. The van der Waals surface area contributed by atoms with Gasteiger partial charge in [0.2, 0.25) is 5.91 Å². The van der Waals surface area contributed by atoms with Crippen LogP contribution in [0.15, 0.2) is 41.8 Å². The zero-order chi connectivity index (χ0) is 18.6. The molecule has 1 aromatic heterocycles. The minimum atomic E-state index is -3.59. The van der Waals surface area contributed by atoms with Gasteiger partial charge < -0.3 is 14.6 Å². The molecule has 1 amide bonds. The molecule has 0 radical (unpaired) electrons. The van der Waals surface area contributed by atoms with E-state index < -0.39 is 10.0 Å². The molecular formula is C17H22N4O4S. The Kier molecular flexibility index (Phi) is 5.58. The maximum Gasteiger partial charge on any atom is 0.262 e. The van der Waals surface area contributed by atoms with Crippen LogP contribution in [-0.4, -0.2) is 48.4 Å². The van der Waals surface area contributed by atoms with Crippen molar-refractivity contribution in [2.24, 2.45) is 0 Å². The molecule has 26 heavy (non-hydrogen) atoms. The van der Waals surface area contributed by atoms with Gasteiger partial charge in [-0.1, -0.05) is 12.5 Å². The molecule has 1 N–H and O–H groups in total. The van der Waals surface area contributed by atoms with E-state index in [1.54, 1.807) is 31.4 Å². The van der Waals surface area contributed by atoms with E-state index in [2.05, 4.69) is 10.3 Å². The monoisotopic (exact) mass is 378 g/mol. The topological polar surface area (TPSA) is 93.5 Å². The van der Waals surface area contributed by atoms with Crippen molar-refractivity contribution in [2.75, 3.05) is 25.5 Å². The van der Waals surface area contributed by atoms with Crippen LogP contribution in [0.3, 0.4) is 0 Å². The lowest BCUT2D eigenvalue weighted by Gasteiger charge is -2.24. The Balaban J connectivity index is 1.65. The number of carbonyl (C=O) groups is 1. The summed E-state index contributed by atoms with van der Waals surface area (Å²) in [5.74, 6) is 0.359. The number of anilines is 1. The van der Waals surface area contributed by atoms with Gasteiger partial charge >= 0.3 is 0 Å². The molecule has 1 aromatic carbocycles. The molecule has 0 aliphatic carbocycles. The molecule has 2 aromatic rings. The minimum Gasteiger partial charge on any atom is -0.497 e. The van der Waals surface area contributed by atoms with E-state index in [9.17, 15) is 13.2 Å². The van der Waals surface area contributed by atoms with Crippen molar-refractivity contribution >= 4 is 21.6 Å². The SMILES string of the molecule is COc1cccc(NC(=O)Cn2cnc(S(=O)(=O)N3CCCCC3)c2)c1. The Hall–Kier alpha value is -2.39. The lowest BCUT2D eigenvalue weighted by molar-refractivity contribution is -0.116. The van der Waals surface area contributed by atoms with Gasteiger partial charge in [0.25, 0.3) is 10.0 Å². The second-order valence-electron chi connectivity index (χ2n) is 6.13. The van der Waals surface area contributed by atoms with E-state index in [1.807, 2.05) is 0 Å². The number of carbonyl (C=O) groups excluding carboxylic acids is 1. The Morgan fingerprint density at radius 1 is 1.27 bits per heavy atom. The number of rotatable bonds is 6. The summed E-state index contributed by atoms with van der Waals surface area (Å²) in [6.45, 7) is 1.01. The van der Waals surface area contributed by atoms with E-state index in [1.165, 1.54) is 21.4 Å². The number of sulfonamides is 1. The van der Waals surface area contributed by atoms with Gasteiger partial charge in [-0.05, 0) is 25.0 Å². The molecule has 0 saturated carbocycles. The fourth-order valence-electron chi connectivity index (χ4n) is 2.86. The summed E-state index contributed by atoms with van der Waals surface area (Å²) in [5.41, 5.74) is 0.607. The Morgan fingerprint density at radius 3 is 2.77 bits per heavy atom. The first-order valence-electron chi connectivity index (χ1n) is 8.45. The van der Waals surface area contributed by atoms with Crippen molar-refractivity contribution in [2.45, 2.75) is 30.8 Å². The molecule has 9 heteroatoms. The fourth-order valence-corrected chi connectivity index (χ4v) is 4.32. The van der Waals surface area contributed by atoms with Crippen LogP contribution in [0, 0.1) is 0 Å². The van der Waals surface area contributed by atoms with Crippen molar-refractivity contribution < 1.29 is 17.9 Å². The number of amides is 1. The molecule has 3 rings (SSSR count). The summed E-state index contributed by atoms with van der Waals surface area (Å²) in [5, 5.41) is 2.73. The predicted molar refractivity (Wildman–Crippen MR) is 96.5 cm³/mol. The van der Waals surface area contributed by atoms with E-state index in [4.69, 9.17) is 4.74 Å². The van der Waals surface area contributed by atoms with E-state index in [0.717, 1.165) is 19.3 Å². The number of imidazole rings is 1. The van der Waals surface area contributed by atoms with E-state index in [0.29, 0.717) is 24.5 Å². The Bertz CT molecular complexity index is 872. The lowest BCUT2D eigenvalue weighted by atomic mass is 10.2. The molecule has 2 heterocycles. The molecule has 1 fully saturated rings. The lowest BCUT2D eigenvalue weighted by Crippen LogP contribution is -2.35. The van der Waals surface area contributed by atoms with Crippen molar-refractivity contribution in [3.63, 3.8) is 0 Å². The van der Waals surface area contributed by atoms with Gasteiger partial charge in [-0.15, -0.1) is 0 Å². The van der Waals surface area contributed by atoms with Crippen LogP contribution in [0.5, 0.6) is 5.75 Å². The third-order valence-electron chi connectivity index (χ3n) is 4.21. The summed E-state index contributed by atoms with van der Waals surface area (Å²) < 4.78 is 33.2. The molecule has 1 saturated heterocycles. The molecule has 8 nitrogen and oxygen atoms in total. The van der Waals surface area contributed by atoms with Gasteiger partial charge in [0.1, 0.15) is 12.3 Å². The quantitative estimate of drug-likeness (QED) is 0.826.